The van der Waals surface area contributed by atoms with E-state index in [0.717, 1.165) is 12.1 Å². The number of benzene rings is 1. The highest BCUT2D eigenvalue weighted by Gasteiger charge is 2.33. The Morgan fingerprint density at radius 2 is 2.19 bits per heavy atom. The maximum atomic E-state index is 13.0. The molecule has 3 heterocycles. The number of hydrogen-bond donors (Lipinski definition) is 0. The number of ether oxygens (including phenoxy) is 2. The lowest BCUT2D eigenvalue weighted by molar-refractivity contribution is -0.00260. The van der Waals surface area contributed by atoms with E-state index in [1.165, 1.54) is 16.4 Å². The van der Waals surface area contributed by atoms with Crippen molar-refractivity contribution in [1.82, 2.24) is 14.1 Å². The van der Waals surface area contributed by atoms with Crippen LogP contribution in [0.2, 0.25) is 0 Å². The van der Waals surface area contributed by atoms with E-state index in [0.29, 0.717) is 17.7 Å². The highest BCUT2D eigenvalue weighted by Crippen LogP contribution is 2.29. The first-order valence-electron chi connectivity index (χ1n) is 8.43. The largest absolute Gasteiger partial charge is 0.457 e. The summed E-state index contributed by atoms with van der Waals surface area (Å²) < 4.78 is 39.9. The number of aryl methyl sites for hydroxylation is 1. The Balaban J connectivity index is 1.59. The Hall–Kier alpha value is -2.23. The highest BCUT2D eigenvalue weighted by atomic mass is 32.2. The molecule has 1 atom stereocenters. The van der Waals surface area contributed by atoms with Crippen molar-refractivity contribution in [3.63, 3.8) is 0 Å². The number of esters is 1. The van der Waals surface area contributed by atoms with E-state index in [4.69, 9.17) is 9.47 Å². The lowest BCUT2D eigenvalue weighted by Gasteiger charge is -2.31. The van der Waals surface area contributed by atoms with Crippen molar-refractivity contribution in [3.8, 4) is 0 Å². The van der Waals surface area contributed by atoms with Gasteiger partial charge in [-0.2, -0.15) is 9.40 Å². The molecule has 0 aliphatic carbocycles. The number of rotatable bonds is 4. The fraction of sp³-hybridized carbons (Fsp3) is 0.412. The average molecular weight is 377 g/mol. The van der Waals surface area contributed by atoms with Gasteiger partial charge in [-0.3, -0.25) is 4.68 Å². The third-order valence-corrected chi connectivity index (χ3v) is 6.54. The van der Waals surface area contributed by atoms with Crippen LogP contribution in [0.15, 0.2) is 35.5 Å². The number of carbonyl (C=O) groups excluding carboxylic acids is 1. The standard InChI is InChI=1S/C17H19N3O5S/c1-2-19-9-13(8-18-19)16-10-20(5-6-24-16)26(22,23)14-4-3-12-11-25-17(21)15(12)7-14/h3-4,7-9,16H,2,5-6,10-11H2,1H3. The van der Waals surface area contributed by atoms with Gasteiger partial charge in [0.2, 0.25) is 10.0 Å². The molecular weight excluding hydrogens is 358 g/mol. The van der Waals surface area contributed by atoms with Crippen LogP contribution in [0.4, 0.5) is 0 Å². The number of sulfonamides is 1. The van der Waals surface area contributed by atoms with Crippen molar-refractivity contribution in [2.24, 2.45) is 0 Å². The zero-order chi connectivity index (χ0) is 18.3. The van der Waals surface area contributed by atoms with Gasteiger partial charge in [0.15, 0.2) is 0 Å². The van der Waals surface area contributed by atoms with Crippen LogP contribution in [0.25, 0.3) is 0 Å². The SMILES string of the molecule is CCn1cc(C2CN(S(=O)(=O)c3ccc4c(c3)C(=O)OC4)CCO2)cn1. The molecule has 1 aromatic heterocycles. The van der Waals surface area contributed by atoms with E-state index in [9.17, 15) is 13.2 Å². The molecule has 2 aliphatic rings. The quantitative estimate of drug-likeness (QED) is 0.747. The number of hydrogen-bond acceptors (Lipinski definition) is 6. The number of morpholine rings is 1. The molecule has 0 saturated carbocycles. The van der Waals surface area contributed by atoms with Crippen LogP contribution in [0, 0.1) is 0 Å². The monoisotopic (exact) mass is 377 g/mol. The van der Waals surface area contributed by atoms with Gasteiger partial charge in [-0.05, 0) is 19.1 Å². The lowest BCUT2D eigenvalue weighted by atomic mass is 10.1. The molecule has 0 spiro atoms. The number of fused-ring (bicyclic) bond motifs is 1. The zero-order valence-electron chi connectivity index (χ0n) is 14.3. The van der Waals surface area contributed by atoms with Crippen LogP contribution in [0.5, 0.6) is 0 Å². The number of carbonyl (C=O) groups is 1. The van der Waals surface area contributed by atoms with Gasteiger partial charge in [0, 0.05) is 37.0 Å². The normalized spacial score (nSPS) is 20.8. The van der Waals surface area contributed by atoms with Crippen LogP contribution < -0.4 is 0 Å². The highest BCUT2D eigenvalue weighted by molar-refractivity contribution is 7.89. The molecular formula is C17H19N3O5S. The first-order valence-corrected chi connectivity index (χ1v) is 9.87. The van der Waals surface area contributed by atoms with Crippen LogP contribution in [0.3, 0.4) is 0 Å². The van der Waals surface area contributed by atoms with Crippen molar-refractivity contribution in [1.29, 1.82) is 0 Å². The van der Waals surface area contributed by atoms with Gasteiger partial charge < -0.3 is 9.47 Å². The van der Waals surface area contributed by atoms with Gasteiger partial charge in [-0.15, -0.1) is 0 Å². The summed E-state index contributed by atoms with van der Waals surface area (Å²) in [7, 11) is -3.73. The second-order valence-electron chi connectivity index (χ2n) is 6.25. The van der Waals surface area contributed by atoms with E-state index in [1.807, 2.05) is 13.1 Å². The van der Waals surface area contributed by atoms with E-state index < -0.39 is 16.0 Å². The van der Waals surface area contributed by atoms with Crippen LogP contribution in [0.1, 0.15) is 34.5 Å². The Morgan fingerprint density at radius 3 is 2.96 bits per heavy atom. The Morgan fingerprint density at radius 1 is 1.35 bits per heavy atom. The summed E-state index contributed by atoms with van der Waals surface area (Å²) in [6, 6.07) is 4.56. The van der Waals surface area contributed by atoms with Crippen molar-refractivity contribution >= 4 is 16.0 Å². The van der Waals surface area contributed by atoms with Gasteiger partial charge in [-0.25, -0.2) is 13.2 Å². The van der Waals surface area contributed by atoms with Gasteiger partial charge in [0.25, 0.3) is 0 Å². The minimum atomic E-state index is -3.73. The summed E-state index contributed by atoms with van der Waals surface area (Å²) in [4.78, 5) is 11.8. The molecule has 9 heteroatoms. The number of cyclic esters (lactones) is 1. The molecule has 138 valence electrons. The Bertz CT molecular complexity index is 953. The van der Waals surface area contributed by atoms with Gasteiger partial charge >= 0.3 is 5.97 Å². The molecule has 0 bridgehead atoms. The van der Waals surface area contributed by atoms with Crippen molar-refractivity contribution in [3.05, 3.63) is 47.3 Å². The molecule has 0 amide bonds. The van der Waals surface area contributed by atoms with Crippen molar-refractivity contribution < 1.29 is 22.7 Å². The fourth-order valence-corrected chi connectivity index (χ4v) is 4.62. The summed E-state index contributed by atoms with van der Waals surface area (Å²) in [5, 5.41) is 4.22. The third-order valence-electron chi connectivity index (χ3n) is 4.68. The summed E-state index contributed by atoms with van der Waals surface area (Å²) >= 11 is 0. The Kier molecular flexibility index (Phi) is 4.29. The maximum absolute atomic E-state index is 13.0. The molecule has 26 heavy (non-hydrogen) atoms. The molecule has 0 radical (unpaired) electrons. The Labute approximate surface area is 151 Å². The van der Waals surface area contributed by atoms with Gasteiger partial charge in [-0.1, -0.05) is 6.07 Å². The van der Waals surface area contributed by atoms with Gasteiger partial charge in [0.1, 0.15) is 6.61 Å². The zero-order valence-corrected chi connectivity index (χ0v) is 15.1. The average Bonchev–Trinajstić information content (AvgIpc) is 3.29. The fourth-order valence-electron chi connectivity index (χ4n) is 3.17. The number of aromatic nitrogens is 2. The molecule has 1 saturated heterocycles. The molecule has 4 rings (SSSR count). The molecule has 8 nitrogen and oxygen atoms in total. The van der Waals surface area contributed by atoms with Crippen LogP contribution >= 0.6 is 0 Å². The summed E-state index contributed by atoms with van der Waals surface area (Å²) in [5.74, 6) is -0.483. The first kappa shape index (κ1) is 17.2. The summed E-state index contributed by atoms with van der Waals surface area (Å²) in [6.07, 6.45) is 3.21. The van der Waals surface area contributed by atoms with Crippen LogP contribution in [-0.4, -0.2) is 48.2 Å². The maximum Gasteiger partial charge on any atom is 0.338 e. The summed E-state index contributed by atoms with van der Waals surface area (Å²) in [5.41, 5.74) is 1.88. The molecule has 2 aliphatic heterocycles. The summed E-state index contributed by atoms with van der Waals surface area (Å²) in [6.45, 7) is 3.68. The minimum Gasteiger partial charge on any atom is -0.457 e. The molecule has 2 aromatic rings. The third kappa shape index (κ3) is 2.91. The lowest BCUT2D eigenvalue weighted by Crippen LogP contribution is -2.42. The predicted molar refractivity (Wildman–Crippen MR) is 90.9 cm³/mol. The predicted octanol–water partition coefficient (Wildman–Crippen LogP) is 1.34. The van der Waals surface area contributed by atoms with Crippen LogP contribution in [-0.2, 0) is 32.6 Å². The molecule has 1 aromatic carbocycles. The molecule has 0 N–H and O–H groups in total. The minimum absolute atomic E-state index is 0.0972. The van der Waals surface area contributed by atoms with E-state index in [2.05, 4.69) is 5.10 Å². The second kappa shape index (κ2) is 6.49. The molecule has 1 unspecified atom stereocenters. The number of nitrogens with zero attached hydrogens (tertiary/aromatic N) is 3. The first-order chi connectivity index (χ1) is 12.5. The topological polar surface area (TPSA) is 90.7 Å². The van der Waals surface area contributed by atoms with E-state index in [-0.39, 0.29) is 30.7 Å². The van der Waals surface area contributed by atoms with E-state index in [1.54, 1.807) is 16.9 Å². The second-order valence-corrected chi connectivity index (χ2v) is 8.18. The molecule has 1 fully saturated rings. The van der Waals surface area contributed by atoms with Crippen molar-refractivity contribution in [2.45, 2.75) is 31.1 Å². The van der Waals surface area contributed by atoms with Crippen molar-refractivity contribution in [2.75, 3.05) is 19.7 Å². The van der Waals surface area contributed by atoms with Gasteiger partial charge in [0.05, 0.1) is 29.4 Å². The van der Waals surface area contributed by atoms with E-state index >= 15 is 0 Å². The smallest absolute Gasteiger partial charge is 0.338 e.